The Morgan fingerprint density at radius 3 is 2.67 bits per heavy atom. The quantitative estimate of drug-likeness (QED) is 0.757. The predicted molar refractivity (Wildman–Crippen MR) is 72.3 cm³/mol. The van der Waals surface area contributed by atoms with Gasteiger partial charge in [0.25, 0.3) is 0 Å². The maximum atomic E-state index is 12.4. The summed E-state index contributed by atoms with van der Waals surface area (Å²) >= 11 is 0. The average Bonchev–Trinajstić information content (AvgIpc) is 2.64. The molecule has 0 radical (unpaired) electrons. The minimum Gasteiger partial charge on any atom is -0.381 e. The van der Waals surface area contributed by atoms with E-state index in [0.29, 0.717) is 12.5 Å². The van der Waals surface area contributed by atoms with Crippen LogP contribution in [0.25, 0.3) is 0 Å². The zero-order chi connectivity index (χ0) is 13.0. The third-order valence-electron chi connectivity index (χ3n) is 4.54. The Bertz CT molecular complexity index is 272. The molecule has 0 bridgehead atoms. The molecule has 2 atom stereocenters. The first-order chi connectivity index (χ1) is 8.68. The van der Waals surface area contributed by atoms with Gasteiger partial charge in [0.15, 0.2) is 0 Å². The van der Waals surface area contributed by atoms with E-state index in [1.165, 1.54) is 19.3 Å². The topological polar surface area (TPSA) is 29.5 Å². The summed E-state index contributed by atoms with van der Waals surface area (Å²) in [6.07, 6.45) is 5.68. The fourth-order valence-corrected chi connectivity index (χ4v) is 3.20. The molecule has 0 aromatic rings. The highest BCUT2D eigenvalue weighted by Gasteiger charge is 2.28. The number of amides is 1. The minimum absolute atomic E-state index is 0.134. The third kappa shape index (κ3) is 3.47. The Morgan fingerprint density at radius 1 is 1.17 bits per heavy atom. The molecule has 0 aromatic carbocycles. The maximum absolute atomic E-state index is 12.4. The van der Waals surface area contributed by atoms with Crippen LogP contribution in [0.5, 0.6) is 0 Å². The molecule has 2 fully saturated rings. The lowest BCUT2D eigenvalue weighted by molar-refractivity contribution is -0.139. The van der Waals surface area contributed by atoms with Crippen LogP contribution < -0.4 is 0 Å². The normalized spacial score (nSPS) is 30.3. The fourth-order valence-electron chi connectivity index (χ4n) is 3.20. The second-order valence-corrected chi connectivity index (χ2v) is 6.17. The summed E-state index contributed by atoms with van der Waals surface area (Å²) in [5, 5.41) is 0. The van der Waals surface area contributed by atoms with Crippen molar-refractivity contribution in [3.8, 4) is 0 Å². The van der Waals surface area contributed by atoms with Crippen molar-refractivity contribution in [3.63, 3.8) is 0 Å². The molecular formula is C15H27NO2. The summed E-state index contributed by atoms with van der Waals surface area (Å²) in [6.45, 7) is 7.99. The van der Waals surface area contributed by atoms with E-state index < -0.39 is 0 Å². The van der Waals surface area contributed by atoms with Crippen LogP contribution in [-0.2, 0) is 9.53 Å². The Labute approximate surface area is 111 Å². The van der Waals surface area contributed by atoms with E-state index in [2.05, 4.69) is 18.7 Å². The van der Waals surface area contributed by atoms with Crippen LogP contribution in [0.2, 0.25) is 0 Å². The lowest BCUT2D eigenvalue weighted by Gasteiger charge is -2.28. The summed E-state index contributed by atoms with van der Waals surface area (Å²) < 4.78 is 5.44. The van der Waals surface area contributed by atoms with Crippen LogP contribution >= 0.6 is 0 Å². The van der Waals surface area contributed by atoms with Crippen LogP contribution in [0, 0.1) is 17.8 Å². The third-order valence-corrected chi connectivity index (χ3v) is 4.54. The average molecular weight is 253 g/mol. The van der Waals surface area contributed by atoms with Gasteiger partial charge in [0, 0.05) is 19.7 Å². The van der Waals surface area contributed by atoms with Gasteiger partial charge in [-0.15, -0.1) is 0 Å². The van der Waals surface area contributed by atoms with E-state index >= 15 is 0 Å². The number of carbonyl (C=O) groups is 1. The summed E-state index contributed by atoms with van der Waals surface area (Å²) in [5.41, 5.74) is 0. The van der Waals surface area contributed by atoms with E-state index in [0.717, 1.165) is 44.4 Å². The standard InChI is InChI=1S/C15H27NO2/c1-12(2)13-5-3-8-16(9-7-13)15(17)14-6-4-10-18-11-14/h12-14H,3-11H2,1-2H3. The predicted octanol–water partition coefficient (Wildman–Crippen LogP) is 2.70. The van der Waals surface area contributed by atoms with Gasteiger partial charge in [0.1, 0.15) is 0 Å². The minimum atomic E-state index is 0.134. The van der Waals surface area contributed by atoms with Gasteiger partial charge in [-0.1, -0.05) is 13.8 Å². The van der Waals surface area contributed by atoms with Crippen molar-refractivity contribution in [2.24, 2.45) is 17.8 Å². The molecule has 0 N–H and O–H groups in total. The molecule has 0 spiro atoms. The molecule has 3 heteroatoms. The van der Waals surface area contributed by atoms with Crippen molar-refractivity contribution >= 4 is 5.91 Å². The summed E-state index contributed by atoms with van der Waals surface area (Å²) in [5.74, 6) is 2.02. The smallest absolute Gasteiger partial charge is 0.228 e. The highest BCUT2D eigenvalue weighted by atomic mass is 16.5. The van der Waals surface area contributed by atoms with E-state index in [1.54, 1.807) is 0 Å². The molecule has 0 aliphatic carbocycles. The van der Waals surface area contributed by atoms with Gasteiger partial charge >= 0.3 is 0 Å². The SMILES string of the molecule is CC(C)C1CCCN(C(=O)C2CCCOC2)CC1. The van der Waals surface area contributed by atoms with Crippen LogP contribution in [0.1, 0.15) is 46.0 Å². The first-order valence-electron chi connectivity index (χ1n) is 7.55. The molecule has 2 aliphatic rings. The highest BCUT2D eigenvalue weighted by Crippen LogP contribution is 2.26. The second-order valence-electron chi connectivity index (χ2n) is 6.17. The monoisotopic (exact) mass is 253 g/mol. The van der Waals surface area contributed by atoms with Crippen molar-refractivity contribution in [1.29, 1.82) is 0 Å². The van der Waals surface area contributed by atoms with Gasteiger partial charge in [-0.25, -0.2) is 0 Å². The van der Waals surface area contributed by atoms with Gasteiger partial charge < -0.3 is 9.64 Å². The van der Waals surface area contributed by atoms with E-state index in [9.17, 15) is 4.79 Å². The summed E-state index contributed by atoms with van der Waals surface area (Å²) in [4.78, 5) is 14.5. The van der Waals surface area contributed by atoms with Crippen molar-refractivity contribution in [2.45, 2.75) is 46.0 Å². The Balaban J connectivity index is 1.86. The van der Waals surface area contributed by atoms with Crippen LogP contribution in [0.4, 0.5) is 0 Å². The summed E-state index contributed by atoms with van der Waals surface area (Å²) in [6, 6.07) is 0. The van der Waals surface area contributed by atoms with Crippen LogP contribution in [0.15, 0.2) is 0 Å². The van der Waals surface area contributed by atoms with Gasteiger partial charge in [-0.2, -0.15) is 0 Å². The summed E-state index contributed by atoms with van der Waals surface area (Å²) in [7, 11) is 0. The molecule has 2 aliphatic heterocycles. The zero-order valence-corrected chi connectivity index (χ0v) is 11.9. The number of hydrogen-bond acceptors (Lipinski definition) is 2. The molecule has 2 saturated heterocycles. The highest BCUT2D eigenvalue weighted by molar-refractivity contribution is 5.79. The first kappa shape index (κ1) is 13.9. The molecule has 1 amide bonds. The van der Waals surface area contributed by atoms with Gasteiger partial charge in [0.2, 0.25) is 5.91 Å². The van der Waals surface area contributed by atoms with Crippen molar-refractivity contribution in [3.05, 3.63) is 0 Å². The Hall–Kier alpha value is -0.570. The zero-order valence-electron chi connectivity index (χ0n) is 11.9. The Kier molecular flexibility index (Phi) is 5.04. The molecule has 0 saturated carbocycles. The molecule has 3 nitrogen and oxygen atoms in total. The Morgan fingerprint density at radius 2 is 2.00 bits per heavy atom. The number of carbonyl (C=O) groups excluding carboxylic acids is 1. The van der Waals surface area contributed by atoms with Crippen LogP contribution in [-0.4, -0.2) is 37.1 Å². The van der Waals surface area contributed by atoms with Crippen molar-refractivity contribution in [2.75, 3.05) is 26.3 Å². The number of ether oxygens (including phenoxy) is 1. The molecule has 2 heterocycles. The molecule has 0 aromatic heterocycles. The molecule has 2 rings (SSSR count). The molecular weight excluding hydrogens is 226 g/mol. The van der Waals surface area contributed by atoms with Gasteiger partial charge in [-0.3, -0.25) is 4.79 Å². The molecule has 104 valence electrons. The second kappa shape index (κ2) is 6.55. The number of nitrogens with zero attached hydrogens (tertiary/aromatic N) is 1. The van der Waals surface area contributed by atoms with Crippen molar-refractivity contribution < 1.29 is 9.53 Å². The molecule has 2 unspecified atom stereocenters. The lowest BCUT2D eigenvalue weighted by Crippen LogP contribution is -2.40. The van der Waals surface area contributed by atoms with Crippen molar-refractivity contribution in [1.82, 2.24) is 4.90 Å². The number of likely N-dealkylation sites (tertiary alicyclic amines) is 1. The van der Waals surface area contributed by atoms with Gasteiger partial charge in [-0.05, 0) is 43.9 Å². The fraction of sp³-hybridized carbons (Fsp3) is 0.933. The van der Waals surface area contributed by atoms with E-state index in [-0.39, 0.29) is 5.92 Å². The van der Waals surface area contributed by atoms with Crippen LogP contribution in [0.3, 0.4) is 0 Å². The van der Waals surface area contributed by atoms with E-state index in [4.69, 9.17) is 4.74 Å². The number of hydrogen-bond donors (Lipinski definition) is 0. The largest absolute Gasteiger partial charge is 0.381 e. The molecule has 18 heavy (non-hydrogen) atoms. The first-order valence-corrected chi connectivity index (χ1v) is 7.55. The maximum Gasteiger partial charge on any atom is 0.228 e. The van der Waals surface area contributed by atoms with Gasteiger partial charge in [0.05, 0.1) is 12.5 Å². The van der Waals surface area contributed by atoms with E-state index in [1.807, 2.05) is 0 Å². The number of rotatable bonds is 2. The lowest BCUT2D eigenvalue weighted by atomic mass is 9.89.